The molecule has 7 heteroatoms. The van der Waals surface area contributed by atoms with Crippen molar-refractivity contribution in [2.75, 3.05) is 17.3 Å². The zero-order valence-electron chi connectivity index (χ0n) is 22.6. The molecule has 3 aliphatic rings. The van der Waals surface area contributed by atoms with E-state index in [4.69, 9.17) is 4.74 Å². The lowest BCUT2D eigenvalue weighted by atomic mass is 9.64. The Hall–Kier alpha value is -5.04. The number of anilines is 2. The van der Waals surface area contributed by atoms with E-state index in [1.165, 1.54) is 0 Å². The van der Waals surface area contributed by atoms with E-state index in [2.05, 4.69) is 16.4 Å². The highest BCUT2D eigenvalue weighted by atomic mass is 16.5. The van der Waals surface area contributed by atoms with E-state index in [9.17, 15) is 14.4 Å². The van der Waals surface area contributed by atoms with Crippen LogP contribution in [0.3, 0.4) is 0 Å². The Morgan fingerprint density at radius 3 is 2.46 bits per heavy atom. The molecule has 1 aromatic heterocycles. The van der Waals surface area contributed by atoms with Crippen molar-refractivity contribution in [1.82, 2.24) is 4.98 Å². The minimum Gasteiger partial charge on any atom is -0.497 e. The van der Waals surface area contributed by atoms with Crippen molar-refractivity contribution in [1.29, 1.82) is 0 Å². The number of fused-ring (bicyclic) bond motifs is 6. The Labute approximate surface area is 237 Å². The average molecular weight is 542 g/mol. The maximum atomic E-state index is 14.8. The summed E-state index contributed by atoms with van der Waals surface area (Å²) < 4.78 is 5.43. The van der Waals surface area contributed by atoms with Crippen LogP contribution in [0.1, 0.15) is 38.8 Å². The molecule has 0 radical (unpaired) electrons. The number of nitrogens with zero attached hydrogens (tertiary/aromatic N) is 2. The second-order valence-electron chi connectivity index (χ2n) is 10.7. The molecule has 7 rings (SSSR count). The van der Waals surface area contributed by atoms with Crippen LogP contribution in [0.25, 0.3) is 5.57 Å². The third kappa shape index (κ3) is 3.45. The molecule has 1 saturated heterocycles. The molecule has 1 fully saturated rings. The van der Waals surface area contributed by atoms with Crippen molar-refractivity contribution in [2.45, 2.75) is 24.4 Å². The van der Waals surface area contributed by atoms with Crippen LogP contribution in [-0.4, -0.2) is 41.7 Å². The van der Waals surface area contributed by atoms with E-state index >= 15 is 0 Å². The first-order valence-corrected chi connectivity index (χ1v) is 13.6. The molecule has 1 spiro atoms. The van der Waals surface area contributed by atoms with E-state index in [1.54, 1.807) is 55.9 Å². The van der Waals surface area contributed by atoms with Gasteiger partial charge < -0.3 is 15.0 Å². The Morgan fingerprint density at radius 2 is 1.66 bits per heavy atom. The smallest absolute Gasteiger partial charge is 0.238 e. The Morgan fingerprint density at radius 1 is 0.902 bits per heavy atom. The van der Waals surface area contributed by atoms with Crippen molar-refractivity contribution >= 4 is 34.4 Å². The van der Waals surface area contributed by atoms with Crippen LogP contribution in [0.5, 0.6) is 5.75 Å². The first-order valence-electron chi connectivity index (χ1n) is 13.6. The lowest BCUT2D eigenvalue weighted by Gasteiger charge is -2.39. The molecule has 7 nitrogen and oxygen atoms in total. The van der Waals surface area contributed by atoms with Crippen LogP contribution in [0, 0.1) is 5.92 Å². The van der Waals surface area contributed by atoms with Gasteiger partial charge in [-0.2, -0.15) is 0 Å². The molecular weight excluding hydrogens is 514 g/mol. The van der Waals surface area contributed by atoms with Gasteiger partial charge in [-0.05, 0) is 54.5 Å². The van der Waals surface area contributed by atoms with E-state index < -0.39 is 23.4 Å². The van der Waals surface area contributed by atoms with Gasteiger partial charge in [0, 0.05) is 40.5 Å². The van der Waals surface area contributed by atoms with Crippen molar-refractivity contribution in [3.8, 4) is 5.75 Å². The molecule has 3 aromatic carbocycles. The molecular formula is C34H27N3O4. The number of hydrogen-bond donors (Lipinski definition) is 1. The number of benzene rings is 3. The maximum absolute atomic E-state index is 14.8. The van der Waals surface area contributed by atoms with Crippen molar-refractivity contribution in [3.05, 3.63) is 126 Å². The molecule has 4 heterocycles. The highest BCUT2D eigenvalue weighted by Crippen LogP contribution is 2.58. The Kier molecular flexibility index (Phi) is 5.64. The maximum Gasteiger partial charge on any atom is 0.238 e. The third-order valence-corrected chi connectivity index (χ3v) is 8.75. The lowest BCUT2D eigenvalue weighted by molar-refractivity contribution is -0.121. The summed E-state index contributed by atoms with van der Waals surface area (Å²) in [4.78, 5) is 50.0. The summed E-state index contributed by atoms with van der Waals surface area (Å²) in [6.45, 7) is 2.01. The molecule has 202 valence electrons. The number of rotatable bonds is 5. The van der Waals surface area contributed by atoms with Gasteiger partial charge in [-0.1, -0.05) is 54.6 Å². The fourth-order valence-electron chi connectivity index (χ4n) is 7.03. The van der Waals surface area contributed by atoms with Gasteiger partial charge in [0.05, 0.1) is 19.1 Å². The first-order chi connectivity index (χ1) is 20.0. The van der Waals surface area contributed by atoms with Crippen molar-refractivity contribution in [3.63, 3.8) is 0 Å². The first kappa shape index (κ1) is 25.0. The van der Waals surface area contributed by atoms with Gasteiger partial charge in [0.25, 0.3) is 0 Å². The number of ether oxygens (including phenoxy) is 1. The molecule has 4 aromatic rings. The normalized spacial score (nSPS) is 23.8. The number of ketones is 2. The molecule has 0 aliphatic carbocycles. The van der Waals surface area contributed by atoms with Gasteiger partial charge in [0.2, 0.25) is 5.91 Å². The summed E-state index contributed by atoms with van der Waals surface area (Å²) in [7, 11) is 1.55. The lowest BCUT2D eigenvalue weighted by Crippen LogP contribution is -2.51. The predicted molar refractivity (Wildman–Crippen MR) is 156 cm³/mol. The van der Waals surface area contributed by atoms with Crippen LogP contribution >= 0.6 is 0 Å². The number of para-hydroxylation sites is 2. The molecule has 41 heavy (non-hydrogen) atoms. The van der Waals surface area contributed by atoms with Gasteiger partial charge in [-0.25, -0.2) is 0 Å². The number of amides is 1. The largest absolute Gasteiger partial charge is 0.497 e. The quantitative estimate of drug-likeness (QED) is 0.344. The molecule has 4 atom stereocenters. The van der Waals surface area contributed by atoms with Crippen LogP contribution in [0.4, 0.5) is 11.4 Å². The summed E-state index contributed by atoms with van der Waals surface area (Å²) in [5, 5.41) is 3.07. The second-order valence-corrected chi connectivity index (χ2v) is 10.7. The van der Waals surface area contributed by atoms with E-state index in [-0.39, 0.29) is 17.5 Å². The van der Waals surface area contributed by atoms with E-state index in [1.807, 2.05) is 60.4 Å². The average Bonchev–Trinajstić information content (AvgIpc) is 3.49. The predicted octanol–water partition coefficient (Wildman–Crippen LogP) is 5.34. The fraction of sp³-hybridized carbons (Fsp3) is 0.176. The summed E-state index contributed by atoms with van der Waals surface area (Å²) in [6, 6.07) is 24.1. The van der Waals surface area contributed by atoms with Crippen LogP contribution in [-0.2, 0) is 10.2 Å². The monoisotopic (exact) mass is 541 g/mol. The van der Waals surface area contributed by atoms with Crippen molar-refractivity contribution < 1.29 is 19.1 Å². The minimum atomic E-state index is -1.36. The van der Waals surface area contributed by atoms with Gasteiger partial charge in [0.15, 0.2) is 11.6 Å². The Bertz CT molecular complexity index is 1760. The highest BCUT2D eigenvalue weighted by Gasteiger charge is 2.70. The number of carbonyl (C=O) groups is 3. The van der Waals surface area contributed by atoms with E-state index in [0.29, 0.717) is 22.6 Å². The van der Waals surface area contributed by atoms with Gasteiger partial charge in [-0.3, -0.25) is 19.4 Å². The zero-order valence-corrected chi connectivity index (χ0v) is 22.6. The molecule has 0 unspecified atom stereocenters. The summed E-state index contributed by atoms with van der Waals surface area (Å²) in [5.74, 6) is -1.31. The SMILES string of the molecule is COc1cccc(C(=O)[C@H]2[C@@H](C(=O)c3ccncc3)[C@@]3(C(=O)Nc4ccccc43)[C@@H]3C=C(C)c4ccccc4N32)c1. The van der Waals surface area contributed by atoms with Crippen molar-refractivity contribution in [2.24, 2.45) is 5.92 Å². The zero-order chi connectivity index (χ0) is 28.3. The molecule has 0 saturated carbocycles. The number of methoxy groups -OCH3 is 1. The minimum absolute atomic E-state index is 0.252. The van der Waals surface area contributed by atoms with E-state index in [0.717, 1.165) is 22.4 Å². The summed E-state index contributed by atoms with van der Waals surface area (Å²) in [5.41, 5.74) is 3.60. The Balaban J connectivity index is 1.55. The number of allylic oxidation sites excluding steroid dienone is 1. The van der Waals surface area contributed by atoms with Gasteiger partial charge in [0.1, 0.15) is 17.2 Å². The second kappa shape index (κ2) is 9.27. The number of carbonyl (C=O) groups excluding carboxylic acids is 3. The summed E-state index contributed by atoms with van der Waals surface area (Å²) >= 11 is 0. The number of nitrogens with one attached hydrogen (secondary N) is 1. The number of hydrogen-bond acceptors (Lipinski definition) is 6. The van der Waals surface area contributed by atoms with Gasteiger partial charge in [-0.15, -0.1) is 0 Å². The molecule has 1 amide bonds. The standard InChI is InChI=1S/C34H27N3O4/c1-20-18-28-34(25-11-4-5-12-26(25)36-33(34)40)29(31(38)21-14-16-35-17-15-21)30(37(28)27-13-6-3-10-24(20)27)32(39)22-8-7-9-23(19-22)41-2/h3-19,28-30H,1-2H3,(H,36,40)/t28-,29-,30+,34-/m0/s1. The molecule has 0 bridgehead atoms. The topological polar surface area (TPSA) is 88.6 Å². The number of Topliss-reactive ketones (excluding diaryl/α,β-unsaturated/α-hetero) is 2. The highest BCUT2D eigenvalue weighted by molar-refractivity contribution is 6.18. The molecule has 3 aliphatic heterocycles. The number of pyridine rings is 1. The number of aromatic nitrogens is 1. The fourth-order valence-corrected chi connectivity index (χ4v) is 7.03. The van der Waals surface area contributed by atoms with Gasteiger partial charge >= 0.3 is 0 Å². The van der Waals surface area contributed by atoms with Crippen LogP contribution in [0.15, 0.2) is 103 Å². The third-order valence-electron chi connectivity index (χ3n) is 8.75. The van der Waals surface area contributed by atoms with Crippen LogP contribution in [0.2, 0.25) is 0 Å². The van der Waals surface area contributed by atoms with Crippen LogP contribution < -0.4 is 15.0 Å². The molecule has 1 N–H and O–H groups in total. The summed E-state index contributed by atoms with van der Waals surface area (Å²) in [6.07, 6.45) is 5.17.